The summed E-state index contributed by atoms with van der Waals surface area (Å²) >= 11 is 0. The van der Waals surface area contributed by atoms with Crippen LogP contribution in [0.25, 0.3) is 54.1 Å². The summed E-state index contributed by atoms with van der Waals surface area (Å²) in [5.74, 6) is 0. The molecule has 0 N–H and O–H groups in total. The van der Waals surface area contributed by atoms with Crippen LogP contribution in [0, 0.1) is 0 Å². The van der Waals surface area contributed by atoms with Gasteiger partial charge in [-0.25, -0.2) is 0 Å². The number of hydrogen-bond donors (Lipinski definition) is 0. The van der Waals surface area contributed by atoms with E-state index in [0.717, 1.165) is 23.9 Å². The van der Waals surface area contributed by atoms with E-state index >= 15 is 0 Å². The number of hydrogen-bond acceptors (Lipinski definition) is 2. The molecule has 190 valence electrons. The van der Waals surface area contributed by atoms with Gasteiger partial charge in [0.25, 0.3) is 0 Å². The number of benzene rings is 4. The Kier molecular flexibility index (Phi) is 3.87. The topological polar surface area (TPSA) is 25.8 Å². The van der Waals surface area contributed by atoms with Gasteiger partial charge in [0, 0.05) is 33.9 Å². The molecular weight excluding hydrogens is 460 g/mol. The molecule has 0 spiro atoms. The van der Waals surface area contributed by atoms with E-state index in [9.17, 15) is 0 Å². The van der Waals surface area contributed by atoms with Crippen LogP contribution in [0.4, 0.5) is 0 Å². The Morgan fingerprint density at radius 3 is 1.29 bits per heavy atom. The van der Waals surface area contributed by atoms with Gasteiger partial charge in [0.05, 0.1) is 11.0 Å². The predicted octanol–water partition coefficient (Wildman–Crippen LogP) is 9.60. The quantitative estimate of drug-likeness (QED) is 0.154. The Hall–Kier alpha value is -3.26. The molecule has 8 rings (SSSR count). The van der Waals surface area contributed by atoms with E-state index in [0.29, 0.717) is 0 Å². The van der Waals surface area contributed by atoms with E-state index in [1.165, 1.54) is 65.3 Å². The maximum Gasteiger partial charge on any atom is 0.0784 e. The van der Waals surface area contributed by atoms with Gasteiger partial charge >= 0.3 is 0 Å². The highest BCUT2D eigenvalue weighted by Crippen LogP contribution is 2.54. The molecule has 2 heterocycles. The lowest BCUT2D eigenvalue weighted by Gasteiger charge is -2.23. The van der Waals surface area contributed by atoms with E-state index in [1.807, 2.05) is 0 Å². The van der Waals surface area contributed by atoms with Gasteiger partial charge in [-0.3, -0.25) is 9.97 Å². The monoisotopic (exact) mass is 496 g/mol. The zero-order valence-corrected chi connectivity index (χ0v) is 23.9. The summed E-state index contributed by atoms with van der Waals surface area (Å²) in [6.07, 6.45) is 6.65. The maximum atomic E-state index is 5.15. The third-order valence-electron chi connectivity index (χ3n) is 10.1. The molecule has 2 nitrogen and oxygen atoms in total. The average Bonchev–Trinajstić information content (AvgIpc) is 3.15. The van der Waals surface area contributed by atoms with Crippen molar-refractivity contribution in [2.75, 3.05) is 0 Å². The molecule has 6 aromatic rings. The molecule has 2 aliphatic carbocycles. The van der Waals surface area contributed by atoms with E-state index in [1.54, 1.807) is 0 Å². The minimum Gasteiger partial charge on any atom is -0.255 e. The SMILES string of the molecule is CC1(C)CC(C)(C)c2c1cnc1c2cc2ccc3c4ncc5c(c4cc4ccc1c2c43)C(C)(C)CC5(C)C. The molecule has 0 amide bonds. The molecule has 38 heavy (non-hydrogen) atoms. The Labute approximate surface area is 224 Å². The van der Waals surface area contributed by atoms with Crippen molar-refractivity contribution in [3.8, 4) is 0 Å². The molecule has 0 bridgehead atoms. The summed E-state index contributed by atoms with van der Waals surface area (Å²) in [6, 6.07) is 14.2. The van der Waals surface area contributed by atoms with Crippen LogP contribution in [0.5, 0.6) is 0 Å². The molecule has 0 saturated carbocycles. The first-order valence-corrected chi connectivity index (χ1v) is 14.2. The molecule has 0 saturated heterocycles. The number of rotatable bonds is 0. The number of pyridine rings is 2. The van der Waals surface area contributed by atoms with Crippen LogP contribution < -0.4 is 0 Å². The van der Waals surface area contributed by atoms with Gasteiger partial charge in [-0.05, 0) is 90.4 Å². The summed E-state index contributed by atoms with van der Waals surface area (Å²) < 4.78 is 0. The standard InChI is InChI=1S/C36H36N2/c1-33(2)17-35(5,6)29-23-13-19-9-12-22-28-20(10-11-21(27(19)28)31(23)37-15-25(29)33)14-24-30-26(16-38-32(22)24)34(3,4)18-36(30,7)8/h9-16H,17-18H2,1-8H3. The van der Waals surface area contributed by atoms with E-state index in [4.69, 9.17) is 9.97 Å². The molecular formula is C36H36N2. The van der Waals surface area contributed by atoms with Crippen LogP contribution in [0.15, 0.2) is 48.8 Å². The van der Waals surface area contributed by atoms with E-state index in [2.05, 4.69) is 104 Å². The Morgan fingerprint density at radius 2 is 0.895 bits per heavy atom. The number of nitrogens with zero attached hydrogens (tertiary/aromatic N) is 2. The normalized spacial score (nSPS) is 20.7. The molecule has 4 aromatic carbocycles. The largest absolute Gasteiger partial charge is 0.255 e. The van der Waals surface area contributed by atoms with Gasteiger partial charge < -0.3 is 0 Å². The van der Waals surface area contributed by atoms with Crippen LogP contribution in [0.2, 0.25) is 0 Å². The second kappa shape index (κ2) is 6.47. The van der Waals surface area contributed by atoms with Crippen molar-refractivity contribution in [3.05, 3.63) is 71.0 Å². The van der Waals surface area contributed by atoms with Crippen molar-refractivity contribution >= 4 is 54.1 Å². The van der Waals surface area contributed by atoms with Gasteiger partial charge in [0.2, 0.25) is 0 Å². The highest BCUT2D eigenvalue weighted by atomic mass is 14.7. The van der Waals surface area contributed by atoms with Gasteiger partial charge in [0.1, 0.15) is 0 Å². The summed E-state index contributed by atoms with van der Waals surface area (Å²) in [6.45, 7) is 19.1. The first-order valence-electron chi connectivity index (χ1n) is 14.2. The average molecular weight is 497 g/mol. The van der Waals surface area contributed by atoms with Crippen molar-refractivity contribution in [3.63, 3.8) is 0 Å². The minimum atomic E-state index is 0.127. The predicted molar refractivity (Wildman–Crippen MR) is 162 cm³/mol. The van der Waals surface area contributed by atoms with Crippen molar-refractivity contribution in [2.24, 2.45) is 0 Å². The third-order valence-corrected chi connectivity index (χ3v) is 10.1. The highest BCUT2D eigenvalue weighted by Gasteiger charge is 2.44. The molecule has 0 fully saturated rings. The van der Waals surface area contributed by atoms with Gasteiger partial charge in [0.15, 0.2) is 0 Å². The van der Waals surface area contributed by atoms with Crippen molar-refractivity contribution < 1.29 is 0 Å². The Morgan fingerprint density at radius 1 is 0.500 bits per heavy atom. The van der Waals surface area contributed by atoms with Gasteiger partial charge in [-0.2, -0.15) is 0 Å². The zero-order valence-electron chi connectivity index (χ0n) is 23.9. The first-order chi connectivity index (χ1) is 17.8. The van der Waals surface area contributed by atoms with Crippen molar-refractivity contribution in [2.45, 2.75) is 89.9 Å². The lowest BCUT2D eigenvalue weighted by Crippen LogP contribution is -2.18. The lowest BCUT2D eigenvalue weighted by atomic mass is 9.80. The van der Waals surface area contributed by atoms with Crippen LogP contribution >= 0.6 is 0 Å². The van der Waals surface area contributed by atoms with Crippen LogP contribution in [-0.2, 0) is 21.7 Å². The molecule has 0 aliphatic heterocycles. The third kappa shape index (κ3) is 2.59. The van der Waals surface area contributed by atoms with Gasteiger partial charge in [-0.1, -0.05) is 79.7 Å². The molecule has 0 unspecified atom stereocenters. The Bertz CT molecular complexity index is 1870. The van der Waals surface area contributed by atoms with Crippen LogP contribution in [0.1, 0.15) is 90.5 Å². The molecule has 2 aliphatic rings. The number of aromatic nitrogens is 2. The summed E-state index contributed by atoms with van der Waals surface area (Å²) in [7, 11) is 0. The fraction of sp³-hybridized carbons (Fsp3) is 0.389. The van der Waals surface area contributed by atoms with Crippen molar-refractivity contribution in [1.82, 2.24) is 9.97 Å². The zero-order chi connectivity index (χ0) is 26.6. The van der Waals surface area contributed by atoms with Crippen LogP contribution in [0.3, 0.4) is 0 Å². The molecule has 0 radical (unpaired) electrons. The lowest BCUT2D eigenvalue weighted by molar-refractivity contribution is 0.403. The smallest absolute Gasteiger partial charge is 0.0784 e. The fourth-order valence-electron chi connectivity index (χ4n) is 9.32. The summed E-state index contributed by atoms with van der Waals surface area (Å²) in [4.78, 5) is 10.3. The fourth-order valence-corrected chi connectivity index (χ4v) is 9.32. The van der Waals surface area contributed by atoms with E-state index < -0.39 is 0 Å². The summed E-state index contributed by atoms with van der Waals surface area (Å²) in [5, 5.41) is 10.5. The maximum absolute atomic E-state index is 5.15. The molecule has 2 heteroatoms. The highest BCUT2D eigenvalue weighted by molar-refractivity contribution is 6.32. The van der Waals surface area contributed by atoms with Gasteiger partial charge in [-0.15, -0.1) is 0 Å². The second-order valence-electron chi connectivity index (χ2n) is 15.0. The molecule has 2 aromatic heterocycles. The summed E-state index contributed by atoms with van der Waals surface area (Å²) in [5.41, 5.74) is 8.63. The first kappa shape index (κ1) is 22.7. The number of fused-ring (bicyclic) bond motifs is 8. The van der Waals surface area contributed by atoms with E-state index in [-0.39, 0.29) is 21.7 Å². The second-order valence-corrected chi connectivity index (χ2v) is 15.0. The Balaban J connectivity index is 1.53. The molecule has 0 atom stereocenters. The minimum absolute atomic E-state index is 0.127. The van der Waals surface area contributed by atoms with Crippen molar-refractivity contribution in [1.29, 1.82) is 0 Å². The van der Waals surface area contributed by atoms with Crippen LogP contribution in [-0.4, -0.2) is 9.97 Å².